The molecule has 6 heteroatoms. The first-order valence-electron chi connectivity index (χ1n) is 12.5. The second-order valence-electron chi connectivity index (χ2n) is 10.1. The largest absolute Gasteiger partial charge is 0.318 e. The van der Waals surface area contributed by atoms with Gasteiger partial charge in [0.2, 0.25) is 0 Å². The monoisotopic (exact) mass is 505 g/mol. The summed E-state index contributed by atoms with van der Waals surface area (Å²) in [5, 5.41) is 6.31. The molecule has 4 aromatic rings. The molecular formula is C31H24ClN3O2. The molecule has 8 rings (SSSR count). The Morgan fingerprint density at radius 1 is 0.757 bits per heavy atom. The van der Waals surface area contributed by atoms with Gasteiger partial charge in [0.05, 0.1) is 18.1 Å². The minimum atomic E-state index is -0.430. The molecule has 1 aromatic heterocycles. The second-order valence-corrected chi connectivity index (χ2v) is 10.6. The quantitative estimate of drug-likeness (QED) is 0.254. The van der Waals surface area contributed by atoms with Crippen LogP contribution in [-0.2, 0) is 9.59 Å². The summed E-state index contributed by atoms with van der Waals surface area (Å²) in [5.41, 5.74) is 8.48. The number of benzene rings is 3. The van der Waals surface area contributed by atoms with Crippen LogP contribution in [0.25, 0.3) is 5.69 Å². The average Bonchev–Trinajstić information content (AvgIpc) is 3.34. The molecule has 3 aromatic carbocycles. The molecule has 4 aliphatic rings. The second kappa shape index (κ2) is 8.02. The molecule has 5 nitrogen and oxygen atoms in total. The van der Waals surface area contributed by atoms with E-state index in [4.69, 9.17) is 11.6 Å². The lowest BCUT2D eigenvalue weighted by Crippen LogP contribution is -2.41. The van der Waals surface area contributed by atoms with E-state index in [1.807, 2.05) is 68.4 Å². The van der Waals surface area contributed by atoms with E-state index in [9.17, 15) is 9.59 Å². The number of aryl methyl sites for hydroxylation is 1. The number of hydrazone groups is 1. The number of hydrogen-bond donors (Lipinski definition) is 0. The molecule has 0 radical (unpaired) electrons. The smallest absolute Gasteiger partial charge is 0.254 e. The van der Waals surface area contributed by atoms with Gasteiger partial charge in [-0.2, -0.15) is 10.1 Å². The van der Waals surface area contributed by atoms with Crippen LogP contribution in [0.15, 0.2) is 84.0 Å². The molecule has 182 valence electrons. The summed E-state index contributed by atoms with van der Waals surface area (Å²) in [6.45, 7) is 4.02. The maximum absolute atomic E-state index is 13.8. The standard InChI is InChI=1S/C31H24ClN3O2/c1-17-15-19(18(2)34(17)21-13-11-20(32)12-14-21)16-33-35-30(36)28-26-22-7-3-4-8-23(22)27(29(28)31(35)37)25-10-6-5-9-24(25)26/h3-16,26-29H,1-2H3/b33-16-/t26?,27?,28-,29+. The van der Waals surface area contributed by atoms with Crippen molar-refractivity contribution in [1.29, 1.82) is 0 Å². The molecule has 37 heavy (non-hydrogen) atoms. The van der Waals surface area contributed by atoms with Gasteiger partial charge in [-0.15, -0.1) is 0 Å². The molecule has 2 bridgehead atoms. The van der Waals surface area contributed by atoms with Crippen LogP contribution in [0.4, 0.5) is 0 Å². The summed E-state index contributed by atoms with van der Waals surface area (Å²) in [6.07, 6.45) is 1.64. The van der Waals surface area contributed by atoms with Crippen LogP contribution in [0.5, 0.6) is 0 Å². The predicted octanol–water partition coefficient (Wildman–Crippen LogP) is 5.97. The molecule has 3 aliphatic carbocycles. The molecular weight excluding hydrogens is 482 g/mol. The van der Waals surface area contributed by atoms with Crippen LogP contribution in [0.3, 0.4) is 0 Å². The molecule has 1 fully saturated rings. The fraction of sp³-hybridized carbons (Fsp3) is 0.194. The first-order chi connectivity index (χ1) is 18.0. The zero-order valence-electron chi connectivity index (χ0n) is 20.4. The lowest BCUT2D eigenvalue weighted by molar-refractivity contribution is -0.139. The third kappa shape index (κ3) is 3.07. The molecule has 2 atom stereocenters. The Kier molecular flexibility index (Phi) is 4.82. The van der Waals surface area contributed by atoms with E-state index < -0.39 is 11.8 Å². The molecule has 0 spiro atoms. The third-order valence-electron chi connectivity index (χ3n) is 8.29. The molecule has 2 heterocycles. The van der Waals surface area contributed by atoms with Crippen molar-refractivity contribution in [3.8, 4) is 5.69 Å². The first-order valence-corrected chi connectivity index (χ1v) is 12.9. The van der Waals surface area contributed by atoms with Crippen molar-refractivity contribution in [2.24, 2.45) is 16.9 Å². The van der Waals surface area contributed by atoms with E-state index in [1.54, 1.807) is 6.21 Å². The van der Waals surface area contributed by atoms with E-state index in [-0.39, 0.29) is 23.7 Å². The number of rotatable bonds is 3. The summed E-state index contributed by atoms with van der Waals surface area (Å²) < 4.78 is 2.11. The summed E-state index contributed by atoms with van der Waals surface area (Å²) >= 11 is 6.07. The van der Waals surface area contributed by atoms with Gasteiger partial charge in [0, 0.05) is 39.5 Å². The summed E-state index contributed by atoms with van der Waals surface area (Å²) in [6, 6.07) is 26.2. The van der Waals surface area contributed by atoms with Crippen LogP contribution in [0.1, 0.15) is 51.0 Å². The molecule has 0 unspecified atom stereocenters. The fourth-order valence-electron chi connectivity index (χ4n) is 6.80. The van der Waals surface area contributed by atoms with Crippen LogP contribution in [0, 0.1) is 25.7 Å². The van der Waals surface area contributed by atoms with Crippen LogP contribution < -0.4 is 0 Å². The summed E-state index contributed by atoms with van der Waals surface area (Å²) in [4.78, 5) is 27.5. The van der Waals surface area contributed by atoms with Gasteiger partial charge >= 0.3 is 0 Å². The van der Waals surface area contributed by atoms with Crippen molar-refractivity contribution in [3.05, 3.63) is 123 Å². The molecule has 0 N–H and O–H groups in total. The highest BCUT2D eigenvalue weighted by Crippen LogP contribution is 2.60. The Balaban J connectivity index is 1.26. The molecule has 1 aliphatic heterocycles. The van der Waals surface area contributed by atoms with E-state index in [0.717, 1.165) is 49.9 Å². The van der Waals surface area contributed by atoms with Gasteiger partial charge in [0.15, 0.2) is 0 Å². The van der Waals surface area contributed by atoms with E-state index >= 15 is 0 Å². The van der Waals surface area contributed by atoms with Gasteiger partial charge in [0.1, 0.15) is 0 Å². The first kappa shape index (κ1) is 22.3. The zero-order valence-corrected chi connectivity index (χ0v) is 21.2. The lowest BCUT2D eigenvalue weighted by Gasteiger charge is -2.45. The van der Waals surface area contributed by atoms with E-state index in [1.165, 1.54) is 0 Å². The van der Waals surface area contributed by atoms with Crippen molar-refractivity contribution in [1.82, 2.24) is 9.58 Å². The van der Waals surface area contributed by atoms with Gasteiger partial charge < -0.3 is 4.57 Å². The van der Waals surface area contributed by atoms with Crippen molar-refractivity contribution >= 4 is 29.6 Å². The van der Waals surface area contributed by atoms with Gasteiger partial charge in [-0.05, 0) is 66.4 Å². The van der Waals surface area contributed by atoms with Gasteiger partial charge in [-0.3, -0.25) is 9.59 Å². The molecule has 1 saturated heterocycles. The Bertz CT molecular complexity index is 1520. The number of carbonyl (C=O) groups excluding carboxylic acids is 2. The molecule has 0 saturated carbocycles. The topological polar surface area (TPSA) is 54.7 Å². The Hall–Kier alpha value is -3.96. The van der Waals surface area contributed by atoms with Gasteiger partial charge in [-0.1, -0.05) is 60.1 Å². The van der Waals surface area contributed by atoms with Crippen molar-refractivity contribution in [2.45, 2.75) is 25.7 Å². The van der Waals surface area contributed by atoms with E-state index in [2.05, 4.69) is 33.9 Å². The van der Waals surface area contributed by atoms with Gasteiger partial charge in [0.25, 0.3) is 11.8 Å². The average molecular weight is 506 g/mol. The number of halogens is 1. The highest BCUT2D eigenvalue weighted by atomic mass is 35.5. The van der Waals surface area contributed by atoms with Crippen molar-refractivity contribution in [3.63, 3.8) is 0 Å². The predicted molar refractivity (Wildman–Crippen MR) is 143 cm³/mol. The normalized spacial score (nSPS) is 23.5. The minimum Gasteiger partial charge on any atom is -0.318 e. The van der Waals surface area contributed by atoms with Crippen molar-refractivity contribution in [2.75, 3.05) is 0 Å². The van der Waals surface area contributed by atoms with E-state index in [0.29, 0.717) is 5.02 Å². The minimum absolute atomic E-state index is 0.131. The van der Waals surface area contributed by atoms with Crippen LogP contribution >= 0.6 is 11.6 Å². The Labute approximate surface area is 220 Å². The number of nitrogens with zero attached hydrogens (tertiary/aromatic N) is 3. The van der Waals surface area contributed by atoms with Crippen LogP contribution in [-0.4, -0.2) is 27.6 Å². The maximum atomic E-state index is 13.8. The number of aromatic nitrogens is 1. The zero-order chi connectivity index (χ0) is 25.4. The number of carbonyl (C=O) groups is 2. The highest BCUT2D eigenvalue weighted by molar-refractivity contribution is 6.30. The third-order valence-corrected chi connectivity index (χ3v) is 8.54. The summed E-state index contributed by atoms with van der Waals surface area (Å²) in [5.74, 6) is -1.54. The number of imide groups is 1. The maximum Gasteiger partial charge on any atom is 0.254 e. The summed E-state index contributed by atoms with van der Waals surface area (Å²) in [7, 11) is 0. The number of hydrogen-bond acceptors (Lipinski definition) is 3. The Morgan fingerprint density at radius 2 is 1.24 bits per heavy atom. The van der Waals surface area contributed by atoms with Gasteiger partial charge in [-0.25, -0.2) is 0 Å². The fourth-order valence-corrected chi connectivity index (χ4v) is 6.93. The lowest BCUT2D eigenvalue weighted by atomic mass is 9.55. The van der Waals surface area contributed by atoms with Crippen LogP contribution in [0.2, 0.25) is 5.02 Å². The molecule has 2 amide bonds. The highest BCUT2D eigenvalue weighted by Gasteiger charge is 2.61. The van der Waals surface area contributed by atoms with Crippen molar-refractivity contribution < 1.29 is 9.59 Å². The SMILES string of the molecule is Cc1cc(/C=N\N2C(=O)[C@@H]3C4c5ccccc5C(c5ccccc54)[C@@H]3C2=O)c(C)n1-c1ccc(Cl)cc1. The number of amides is 2. The Morgan fingerprint density at radius 3 is 1.73 bits per heavy atom.